The van der Waals surface area contributed by atoms with Gasteiger partial charge >= 0.3 is 0 Å². The third-order valence-electron chi connectivity index (χ3n) is 6.80. The van der Waals surface area contributed by atoms with Crippen molar-refractivity contribution in [2.45, 2.75) is 12.5 Å². The van der Waals surface area contributed by atoms with E-state index in [1.807, 2.05) is 30.3 Å². The summed E-state index contributed by atoms with van der Waals surface area (Å²) in [6.45, 7) is 0.539. The Balaban J connectivity index is 1.45. The Morgan fingerprint density at radius 2 is 1.14 bits per heavy atom. The molecule has 2 heteroatoms. The Labute approximate surface area is 211 Å². The highest BCUT2D eigenvalue weighted by Gasteiger charge is 2.21. The molecular formula is C34H26O2. The molecule has 0 aliphatic carbocycles. The molecule has 0 bridgehead atoms. The first-order valence-electron chi connectivity index (χ1n) is 12.2. The fourth-order valence-corrected chi connectivity index (χ4v) is 5.04. The molecule has 1 N–H and O–H groups in total. The first-order valence-corrected chi connectivity index (χ1v) is 12.2. The Morgan fingerprint density at radius 3 is 1.86 bits per heavy atom. The van der Waals surface area contributed by atoms with Gasteiger partial charge in [0, 0.05) is 5.92 Å². The second kappa shape index (κ2) is 9.59. The van der Waals surface area contributed by atoms with Gasteiger partial charge in [-0.05, 0) is 74.1 Å². The lowest BCUT2D eigenvalue weighted by molar-refractivity contribution is 0.306. The molecule has 0 radical (unpaired) electrons. The molecule has 0 spiro atoms. The van der Waals surface area contributed by atoms with Crippen LogP contribution in [0.25, 0.3) is 21.5 Å². The average molecular weight is 467 g/mol. The minimum absolute atomic E-state index is 0.00304. The molecule has 6 aromatic rings. The van der Waals surface area contributed by atoms with Crippen LogP contribution in [0.15, 0.2) is 133 Å². The molecule has 0 aromatic heterocycles. The van der Waals surface area contributed by atoms with E-state index in [9.17, 15) is 5.11 Å². The van der Waals surface area contributed by atoms with Crippen molar-refractivity contribution in [1.29, 1.82) is 0 Å². The van der Waals surface area contributed by atoms with Crippen LogP contribution in [-0.4, -0.2) is 5.11 Å². The first-order chi connectivity index (χ1) is 17.8. The molecule has 174 valence electrons. The van der Waals surface area contributed by atoms with Gasteiger partial charge in [0.05, 0.1) is 0 Å². The van der Waals surface area contributed by atoms with E-state index in [-0.39, 0.29) is 11.7 Å². The molecule has 1 unspecified atom stereocenters. The van der Waals surface area contributed by atoms with Crippen LogP contribution in [0, 0.1) is 0 Å². The van der Waals surface area contributed by atoms with Crippen molar-refractivity contribution in [2.24, 2.45) is 0 Å². The normalized spacial score (nSPS) is 12.0. The van der Waals surface area contributed by atoms with E-state index < -0.39 is 0 Å². The summed E-state index contributed by atoms with van der Waals surface area (Å²) in [4.78, 5) is 0. The summed E-state index contributed by atoms with van der Waals surface area (Å²) >= 11 is 0. The molecule has 0 amide bonds. The van der Waals surface area contributed by atoms with Crippen LogP contribution < -0.4 is 4.74 Å². The van der Waals surface area contributed by atoms with E-state index in [1.54, 1.807) is 12.1 Å². The zero-order valence-electron chi connectivity index (χ0n) is 19.8. The maximum absolute atomic E-state index is 9.97. The predicted octanol–water partition coefficient (Wildman–Crippen LogP) is 8.46. The van der Waals surface area contributed by atoms with Gasteiger partial charge in [-0.3, -0.25) is 0 Å². The van der Waals surface area contributed by atoms with Gasteiger partial charge in [0.15, 0.2) is 0 Å². The summed E-state index contributed by atoms with van der Waals surface area (Å²) in [5.74, 6) is 1.12. The molecule has 6 aromatic carbocycles. The highest BCUT2D eigenvalue weighted by Crippen LogP contribution is 2.40. The summed E-state index contributed by atoms with van der Waals surface area (Å²) in [5, 5.41) is 14.9. The molecule has 0 fully saturated rings. The Morgan fingerprint density at radius 1 is 0.556 bits per heavy atom. The van der Waals surface area contributed by atoms with Crippen molar-refractivity contribution in [3.8, 4) is 11.5 Å². The highest BCUT2D eigenvalue weighted by atomic mass is 16.5. The number of aromatic hydroxyl groups is 1. The number of rotatable bonds is 6. The Hall–Kier alpha value is -4.56. The molecule has 0 saturated carbocycles. The topological polar surface area (TPSA) is 29.5 Å². The molecule has 36 heavy (non-hydrogen) atoms. The largest absolute Gasteiger partial charge is 0.508 e. The predicted molar refractivity (Wildman–Crippen MR) is 148 cm³/mol. The number of ether oxygens (including phenoxy) is 1. The van der Waals surface area contributed by atoms with Crippen LogP contribution in [0.5, 0.6) is 11.5 Å². The number of phenolic OH excluding ortho intramolecular Hbond substituents is 1. The third kappa shape index (κ3) is 4.30. The Kier molecular flexibility index (Phi) is 5.85. The molecule has 0 aliphatic rings. The lowest BCUT2D eigenvalue weighted by Gasteiger charge is -2.22. The van der Waals surface area contributed by atoms with Crippen molar-refractivity contribution in [3.63, 3.8) is 0 Å². The number of hydrogen-bond acceptors (Lipinski definition) is 2. The van der Waals surface area contributed by atoms with Gasteiger partial charge in [-0.15, -0.1) is 0 Å². The van der Waals surface area contributed by atoms with Crippen molar-refractivity contribution in [1.82, 2.24) is 0 Å². The summed E-state index contributed by atoms with van der Waals surface area (Å²) < 4.78 is 6.05. The van der Waals surface area contributed by atoms with Crippen LogP contribution in [0.2, 0.25) is 0 Å². The molecule has 1 atom stereocenters. The average Bonchev–Trinajstić information content (AvgIpc) is 2.94. The van der Waals surface area contributed by atoms with Crippen molar-refractivity contribution < 1.29 is 9.84 Å². The number of hydrogen-bond donors (Lipinski definition) is 1. The lowest BCUT2D eigenvalue weighted by Crippen LogP contribution is -2.05. The van der Waals surface area contributed by atoms with Crippen LogP contribution in [0.1, 0.15) is 28.2 Å². The standard InChI is InChI=1S/C34H26O2/c35-28-18-14-25(15-19-28)34(26-16-20-29(21-17-26)36-23-24-8-2-1-3-9-24)33-22-27-10-4-5-11-30(27)31-12-6-7-13-32(31)33/h1-22,34-35H,23H2. The SMILES string of the molecule is Oc1ccc(C(c2ccc(OCc3ccccc3)cc2)c2cc3ccccc3c3ccccc23)cc1. The van der Waals surface area contributed by atoms with Crippen LogP contribution in [-0.2, 0) is 6.61 Å². The first kappa shape index (κ1) is 21.9. The summed E-state index contributed by atoms with van der Waals surface area (Å²) in [6.07, 6.45) is 0. The number of phenols is 1. The zero-order valence-corrected chi connectivity index (χ0v) is 19.8. The van der Waals surface area contributed by atoms with Gasteiger partial charge in [0.25, 0.3) is 0 Å². The second-order valence-corrected chi connectivity index (χ2v) is 9.10. The van der Waals surface area contributed by atoms with Crippen LogP contribution in [0.4, 0.5) is 0 Å². The molecular weight excluding hydrogens is 440 g/mol. The lowest BCUT2D eigenvalue weighted by atomic mass is 9.81. The molecule has 0 heterocycles. The molecule has 2 nitrogen and oxygen atoms in total. The van der Waals surface area contributed by atoms with E-state index in [4.69, 9.17) is 4.74 Å². The van der Waals surface area contributed by atoms with Crippen LogP contribution >= 0.6 is 0 Å². The van der Waals surface area contributed by atoms with Crippen molar-refractivity contribution >= 4 is 21.5 Å². The fraction of sp³-hybridized carbons (Fsp3) is 0.0588. The van der Waals surface area contributed by atoms with Gasteiger partial charge < -0.3 is 9.84 Å². The summed E-state index contributed by atoms with van der Waals surface area (Å²) in [7, 11) is 0. The molecule has 6 rings (SSSR count). The monoisotopic (exact) mass is 466 g/mol. The van der Waals surface area contributed by atoms with Gasteiger partial charge in [-0.2, -0.15) is 0 Å². The van der Waals surface area contributed by atoms with Crippen LogP contribution in [0.3, 0.4) is 0 Å². The van der Waals surface area contributed by atoms with Gasteiger partial charge in [0.2, 0.25) is 0 Å². The van der Waals surface area contributed by atoms with Gasteiger partial charge in [-0.25, -0.2) is 0 Å². The second-order valence-electron chi connectivity index (χ2n) is 9.10. The highest BCUT2D eigenvalue weighted by molar-refractivity contribution is 6.09. The smallest absolute Gasteiger partial charge is 0.119 e. The summed E-state index contributed by atoms with van der Waals surface area (Å²) in [5.41, 5.74) is 4.69. The van der Waals surface area contributed by atoms with E-state index in [0.29, 0.717) is 6.61 Å². The molecule has 0 aliphatic heterocycles. The molecule has 0 saturated heterocycles. The summed E-state index contributed by atoms with van der Waals surface area (Å²) in [6, 6.07) is 45.7. The quantitative estimate of drug-likeness (QED) is 0.197. The van der Waals surface area contributed by atoms with E-state index in [0.717, 1.165) is 16.9 Å². The van der Waals surface area contributed by atoms with E-state index in [1.165, 1.54) is 32.7 Å². The maximum Gasteiger partial charge on any atom is 0.119 e. The minimum atomic E-state index is 0.00304. The zero-order chi connectivity index (χ0) is 24.3. The number of fused-ring (bicyclic) bond motifs is 3. The van der Waals surface area contributed by atoms with E-state index >= 15 is 0 Å². The van der Waals surface area contributed by atoms with Gasteiger partial charge in [-0.1, -0.05) is 103 Å². The minimum Gasteiger partial charge on any atom is -0.508 e. The van der Waals surface area contributed by atoms with Crippen molar-refractivity contribution in [3.05, 3.63) is 156 Å². The third-order valence-corrected chi connectivity index (χ3v) is 6.80. The fourth-order valence-electron chi connectivity index (χ4n) is 5.04. The maximum atomic E-state index is 9.97. The van der Waals surface area contributed by atoms with E-state index in [2.05, 4.69) is 91.0 Å². The van der Waals surface area contributed by atoms with Gasteiger partial charge in [0.1, 0.15) is 18.1 Å². The number of benzene rings is 6. The van der Waals surface area contributed by atoms with Crippen molar-refractivity contribution in [2.75, 3.05) is 0 Å². The Bertz CT molecular complexity index is 1620.